The summed E-state index contributed by atoms with van der Waals surface area (Å²) < 4.78 is 0. The van der Waals surface area contributed by atoms with Crippen molar-refractivity contribution in [3.8, 4) is 0 Å². The van der Waals surface area contributed by atoms with Crippen molar-refractivity contribution in [3.63, 3.8) is 0 Å². The fourth-order valence-electron chi connectivity index (χ4n) is 2.22. The number of carbonyl (C=O) groups is 2. The molecule has 0 saturated carbocycles. The van der Waals surface area contributed by atoms with E-state index >= 15 is 0 Å². The smallest absolute Gasteiger partial charge is 0.326 e. The van der Waals surface area contributed by atoms with Gasteiger partial charge in [0.1, 0.15) is 11.2 Å². The van der Waals surface area contributed by atoms with Gasteiger partial charge in [0.25, 0.3) is 5.91 Å². The maximum absolute atomic E-state index is 12.2. The Hall–Kier alpha value is -1.62. The zero-order valence-corrected chi connectivity index (χ0v) is 10.6. The molecule has 0 bridgehead atoms. The van der Waals surface area contributed by atoms with E-state index in [4.69, 9.17) is 16.7 Å². The number of amides is 1. The molecule has 0 spiro atoms. The minimum absolute atomic E-state index is 0.0355. The molecule has 1 aromatic rings. The number of likely N-dealkylation sites (tertiary alicyclic amines) is 1. The van der Waals surface area contributed by atoms with Gasteiger partial charge in [0.15, 0.2) is 0 Å². The maximum atomic E-state index is 12.2. The molecule has 1 aliphatic rings. The van der Waals surface area contributed by atoms with E-state index < -0.39 is 12.0 Å². The molecule has 2 atom stereocenters. The second-order valence-corrected chi connectivity index (χ2v) is 4.80. The topological polar surface area (TPSA) is 70.5 Å². The van der Waals surface area contributed by atoms with Crippen LogP contribution in [0.2, 0.25) is 5.15 Å². The minimum Gasteiger partial charge on any atom is -0.480 e. The van der Waals surface area contributed by atoms with Crippen molar-refractivity contribution in [2.24, 2.45) is 5.92 Å². The zero-order valence-electron chi connectivity index (χ0n) is 9.84. The Morgan fingerprint density at radius 1 is 1.50 bits per heavy atom. The van der Waals surface area contributed by atoms with Gasteiger partial charge >= 0.3 is 5.97 Å². The highest BCUT2D eigenvalue weighted by Crippen LogP contribution is 2.25. The number of halogens is 1. The van der Waals surface area contributed by atoms with E-state index in [1.165, 1.54) is 17.2 Å². The number of pyridine rings is 1. The van der Waals surface area contributed by atoms with Gasteiger partial charge in [-0.25, -0.2) is 9.78 Å². The van der Waals surface area contributed by atoms with Crippen LogP contribution < -0.4 is 0 Å². The zero-order chi connectivity index (χ0) is 13.3. The molecule has 1 aromatic heterocycles. The largest absolute Gasteiger partial charge is 0.480 e. The van der Waals surface area contributed by atoms with E-state index in [1.807, 2.05) is 6.92 Å². The predicted molar refractivity (Wildman–Crippen MR) is 65.5 cm³/mol. The summed E-state index contributed by atoms with van der Waals surface area (Å²) in [5.74, 6) is -1.31. The molecule has 96 valence electrons. The molecule has 0 radical (unpaired) electrons. The molecule has 0 aliphatic carbocycles. The molecule has 1 N–H and O–H groups in total. The van der Waals surface area contributed by atoms with Gasteiger partial charge in [0.05, 0.1) is 5.56 Å². The summed E-state index contributed by atoms with van der Waals surface area (Å²) in [5, 5.41) is 9.47. The van der Waals surface area contributed by atoms with E-state index in [1.54, 1.807) is 6.07 Å². The molecule has 2 heterocycles. The average Bonchev–Trinajstić information content (AvgIpc) is 2.71. The summed E-state index contributed by atoms with van der Waals surface area (Å²) in [6.07, 6.45) is 2.07. The highest BCUT2D eigenvalue weighted by atomic mass is 35.5. The summed E-state index contributed by atoms with van der Waals surface area (Å²) >= 11 is 5.65. The molecule has 18 heavy (non-hydrogen) atoms. The molecular formula is C12H13ClN2O3. The summed E-state index contributed by atoms with van der Waals surface area (Å²) in [7, 11) is 0. The van der Waals surface area contributed by atoms with Crippen LogP contribution in [0.1, 0.15) is 23.7 Å². The quantitative estimate of drug-likeness (QED) is 0.829. The van der Waals surface area contributed by atoms with Crippen LogP contribution in [0.4, 0.5) is 0 Å². The highest BCUT2D eigenvalue weighted by molar-refractivity contribution is 6.29. The minimum atomic E-state index is -0.963. The van der Waals surface area contributed by atoms with Gasteiger partial charge in [0, 0.05) is 12.7 Å². The lowest BCUT2D eigenvalue weighted by atomic mass is 10.0. The predicted octanol–water partition coefficient (Wildman–Crippen LogP) is 1.67. The summed E-state index contributed by atoms with van der Waals surface area (Å²) in [6, 6.07) is 2.32. The number of carboxylic acid groups (broad SMARTS) is 1. The first-order chi connectivity index (χ1) is 8.50. The van der Waals surface area contributed by atoms with Gasteiger partial charge in [-0.3, -0.25) is 4.79 Å². The summed E-state index contributed by atoms with van der Waals surface area (Å²) in [4.78, 5) is 28.6. The SMILES string of the molecule is CC1CCN(C(=O)c2ccc(Cl)nc2)C1C(=O)O. The van der Waals surface area contributed by atoms with Crippen LogP contribution in [0.15, 0.2) is 18.3 Å². The Kier molecular flexibility index (Phi) is 3.52. The number of carbonyl (C=O) groups excluding carboxylic acids is 1. The Balaban J connectivity index is 2.23. The van der Waals surface area contributed by atoms with Crippen LogP contribution in [-0.4, -0.2) is 39.5 Å². The molecule has 2 rings (SSSR count). The standard InChI is InChI=1S/C12H13ClN2O3/c1-7-4-5-15(10(7)12(17)18)11(16)8-2-3-9(13)14-6-8/h2-3,6-7,10H,4-5H2,1H3,(H,17,18). The third-order valence-corrected chi connectivity index (χ3v) is 3.41. The maximum Gasteiger partial charge on any atom is 0.326 e. The third-order valence-electron chi connectivity index (χ3n) is 3.19. The van der Waals surface area contributed by atoms with Crippen LogP contribution >= 0.6 is 11.6 Å². The van der Waals surface area contributed by atoms with Crippen LogP contribution in [0.5, 0.6) is 0 Å². The van der Waals surface area contributed by atoms with Crippen molar-refractivity contribution in [2.75, 3.05) is 6.54 Å². The normalized spacial score (nSPS) is 23.1. The molecule has 1 aliphatic heterocycles. The molecule has 0 aromatic carbocycles. The van der Waals surface area contributed by atoms with Crippen molar-refractivity contribution >= 4 is 23.5 Å². The molecular weight excluding hydrogens is 256 g/mol. The first-order valence-corrected chi connectivity index (χ1v) is 6.04. The number of rotatable bonds is 2. The number of carboxylic acids is 1. The van der Waals surface area contributed by atoms with Crippen molar-refractivity contribution in [3.05, 3.63) is 29.0 Å². The summed E-state index contributed by atoms with van der Waals surface area (Å²) in [5.41, 5.74) is 0.361. The second-order valence-electron chi connectivity index (χ2n) is 4.42. The number of nitrogens with zero attached hydrogens (tertiary/aromatic N) is 2. The van der Waals surface area contributed by atoms with E-state index in [2.05, 4.69) is 4.98 Å². The van der Waals surface area contributed by atoms with Gasteiger partial charge in [0.2, 0.25) is 0 Å². The number of aromatic nitrogens is 1. The monoisotopic (exact) mass is 268 g/mol. The fraction of sp³-hybridized carbons (Fsp3) is 0.417. The van der Waals surface area contributed by atoms with Gasteiger partial charge in [-0.2, -0.15) is 0 Å². The van der Waals surface area contributed by atoms with Gasteiger partial charge in [-0.15, -0.1) is 0 Å². The van der Waals surface area contributed by atoms with Crippen molar-refractivity contribution in [1.82, 2.24) is 9.88 Å². The van der Waals surface area contributed by atoms with Gasteiger partial charge in [-0.1, -0.05) is 18.5 Å². The van der Waals surface area contributed by atoms with E-state index in [-0.39, 0.29) is 11.8 Å². The Bertz CT molecular complexity index is 475. The molecule has 1 amide bonds. The van der Waals surface area contributed by atoms with Crippen molar-refractivity contribution in [2.45, 2.75) is 19.4 Å². The Labute approximate surface area is 109 Å². The van der Waals surface area contributed by atoms with Gasteiger partial charge in [-0.05, 0) is 24.5 Å². The lowest BCUT2D eigenvalue weighted by molar-refractivity contribution is -0.142. The summed E-state index contributed by atoms with van der Waals surface area (Å²) in [6.45, 7) is 2.30. The van der Waals surface area contributed by atoms with E-state index in [0.717, 1.165) is 0 Å². The third kappa shape index (κ3) is 2.31. The van der Waals surface area contributed by atoms with Crippen molar-refractivity contribution < 1.29 is 14.7 Å². The Morgan fingerprint density at radius 3 is 2.78 bits per heavy atom. The molecule has 2 unspecified atom stereocenters. The lowest BCUT2D eigenvalue weighted by Gasteiger charge is -2.23. The number of hydrogen-bond donors (Lipinski definition) is 1. The highest BCUT2D eigenvalue weighted by Gasteiger charge is 2.39. The van der Waals surface area contributed by atoms with Crippen LogP contribution in [0.3, 0.4) is 0 Å². The van der Waals surface area contributed by atoms with Crippen LogP contribution in [0, 0.1) is 5.92 Å². The fourth-order valence-corrected chi connectivity index (χ4v) is 2.33. The Morgan fingerprint density at radius 2 is 2.22 bits per heavy atom. The van der Waals surface area contributed by atoms with E-state index in [0.29, 0.717) is 23.7 Å². The second kappa shape index (κ2) is 4.94. The first-order valence-electron chi connectivity index (χ1n) is 5.66. The van der Waals surface area contributed by atoms with Gasteiger partial charge < -0.3 is 10.0 Å². The molecule has 1 saturated heterocycles. The molecule has 5 nitrogen and oxygen atoms in total. The first kappa shape index (κ1) is 12.8. The van der Waals surface area contributed by atoms with Crippen LogP contribution in [-0.2, 0) is 4.79 Å². The molecule has 1 fully saturated rings. The number of hydrogen-bond acceptors (Lipinski definition) is 3. The number of aliphatic carboxylic acids is 1. The lowest BCUT2D eigenvalue weighted by Crippen LogP contribution is -2.42. The van der Waals surface area contributed by atoms with Crippen molar-refractivity contribution in [1.29, 1.82) is 0 Å². The molecule has 6 heteroatoms. The van der Waals surface area contributed by atoms with E-state index in [9.17, 15) is 9.59 Å². The average molecular weight is 269 g/mol. The van der Waals surface area contributed by atoms with Crippen LogP contribution in [0.25, 0.3) is 0 Å².